The molecule has 1 aliphatic rings. The standard InChI is InChI=1S/C18H30O4SSi/c1-18(2,3)24(4,5)22-11-14-16(19)17(20)15(12-21-14)23-13-9-7-6-8-10-13/h6-10,14-17,19-20H,11-12H2,1-5H3. The summed E-state index contributed by atoms with van der Waals surface area (Å²) in [6, 6.07) is 9.88. The Kier molecular flexibility index (Phi) is 6.56. The van der Waals surface area contributed by atoms with Crippen molar-refractivity contribution >= 4 is 20.1 Å². The van der Waals surface area contributed by atoms with E-state index in [1.165, 1.54) is 11.8 Å². The molecule has 1 saturated heterocycles. The topological polar surface area (TPSA) is 58.9 Å². The zero-order valence-electron chi connectivity index (χ0n) is 15.2. The van der Waals surface area contributed by atoms with E-state index in [0.717, 1.165) is 4.90 Å². The summed E-state index contributed by atoms with van der Waals surface area (Å²) in [6.45, 7) is 11.6. The fourth-order valence-corrected chi connectivity index (χ4v) is 4.41. The smallest absolute Gasteiger partial charge is 0.192 e. The van der Waals surface area contributed by atoms with Crippen molar-refractivity contribution < 1.29 is 19.4 Å². The second-order valence-electron chi connectivity index (χ2n) is 7.89. The number of hydrogen-bond acceptors (Lipinski definition) is 5. The highest BCUT2D eigenvalue weighted by atomic mass is 32.2. The quantitative estimate of drug-likeness (QED) is 0.779. The number of hydrogen-bond donors (Lipinski definition) is 2. The molecular weight excluding hydrogens is 340 g/mol. The third-order valence-electron chi connectivity index (χ3n) is 5.03. The van der Waals surface area contributed by atoms with Crippen LogP contribution in [0.15, 0.2) is 35.2 Å². The summed E-state index contributed by atoms with van der Waals surface area (Å²) in [4.78, 5) is 1.06. The Bertz CT molecular complexity index is 518. The van der Waals surface area contributed by atoms with Gasteiger partial charge < -0.3 is 19.4 Å². The van der Waals surface area contributed by atoms with Gasteiger partial charge in [0, 0.05) is 4.90 Å². The third kappa shape index (κ3) is 4.83. The molecule has 0 radical (unpaired) electrons. The molecule has 0 aromatic heterocycles. The normalized spacial score (nSPS) is 28.8. The van der Waals surface area contributed by atoms with E-state index in [2.05, 4.69) is 33.9 Å². The van der Waals surface area contributed by atoms with E-state index in [9.17, 15) is 10.2 Å². The second-order valence-corrected chi connectivity index (χ2v) is 14.0. The van der Waals surface area contributed by atoms with E-state index in [1.807, 2.05) is 30.3 Å². The summed E-state index contributed by atoms with van der Waals surface area (Å²) >= 11 is 1.54. The monoisotopic (exact) mass is 370 g/mol. The predicted molar refractivity (Wildman–Crippen MR) is 101 cm³/mol. The summed E-state index contributed by atoms with van der Waals surface area (Å²) < 4.78 is 12.0. The van der Waals surface area contributed by atoms with Crippen LogP contribution in [-0.2, 0) is 9.16 Å². The van der Waals surface area contributed by atoms with E-state index in [1.54, 1.807) is 0 Å². The zero-order chi connectivity index (χ0) is 18.0. The van der Waals surface area contributed by atoms with E-state index < -0.39 is 26.6 Å². The van der Waals surface area contributed by atoms with Crippen molar-refractivity contribution in [3.05, 3.63) is 30.3 Å². The van der Waals surface area contributed by atoms with Gasteiger partial charge in [-0.1, -0.05) is 39.0 Å². The summed E-state index contributed by atoms with van der Waals surface area (Å²) in [6.07, 6.45) is -2.22. The molecule has 136 valence electrons. The van der Waals surface area contributed by atoms with Gasteiger partial charge in [-0.25, -0.2) is 0 Å². The van der Waals surface area contributed by atoms with Crippen LogP contribution in [0.4, 0.5) is 0 Å². The summed E-state index contributed by atoms with van der Waals surface area (Å²) in [5.41, 5.74) is 0. The molecule has 0 amide bonds. The summed E-state index contributed by atoms with van der Waals surface area (Å²) in [5, 5.41) is 20.8. The van der Waals surface area contributed by atoms with Gasteiger partial charge in [0.15, 0.2) is 8.32 Å². The molecule has 1 aliphatic heterocycles. The van der Waals surface area contributed by atoms with Crippen LogP contribution in [0, 0.1) is 0 Å². The maximum Gasteiger partial charge on any atom is 0.192 e. The summed E-state index contributed by atoms with van der Waals surface area (Å²) in [5.74, 6) is 0. The van der Waals surface area contributed by atoms with E-state index >= 15 is 0 Å². The van der Waals surface area contributed by atoms with Crippen LogP contribution >= 0.6 is 11.8 Å². The molecule has 0 bridgehead atoms. The fourth-order valence-electron chi connectivity index (χ4n) is 2.29. The molecule has 1 fully saturated rings. The minimum Gasteiger partial charge on any atom is -0.414 e. The van der Waals surface area contributed by atoms with Crippen LogP contribution in [0.5, 0.6) is 0 Å². The van der Waals surface area contributed by atoms with Crippen molar-refractivity contribution in [1.82, 2.24) is 0 Å². The molecule has 4 atom stereocenters. The van der Waals surface area contributed by atoms with Crippen molar-refractivity contribution in [3.8, 4) is 0 Å². The van der Waals surface area contributed by atoms with Crippen LogP contribution in [0.1, 0.15) is 20.8 Å². The lowest BCUT2D eigenvalue weighted by molar-refractivity contribution is -0.142. The molecule has 1 aromatic carbocycles. The number of aliphatic hydroxyl groups is 2. The SMILES string of the molecule is CC(C)(C)[Si](C)(C)OCC1OCC(Sc2ccccc2)C(O)C1O. The highest BCUT2D eigenvalue weighted by Gasteiger charge is 2.42. The molecule has 4 nitrogen and oxygen atoms in total. The molecule has 4 unspecified atom stereocenters. The fraction of sp³-hybridized carbons (Fsp3) is 0.667. The lowest BCUT2D eigenvalue weighted by Crippen LogP contribution is -2.54. The van der Waals surface area contributed by atoms with Crippen molar-refractivity contribution in [1.29, 1.82) is 0 Å². The number of ether oxygens (including phenoxy) is 1. The Morgan fingerprint density at radius 3 is 2.38 bits per heavy atom. The van der Waals surface area contributed by atoms with Crippen LogP contribution in [-0.4, -0.2) is 55.3 Å². The minimum atomic E-state index is -1.90. The van der Waals surface area contributed by atoms with Gasteiger partial charge in [0.2, 0.25) is 0 Å². The van der Waals surface area contributed by atoms with E-state index in [-0.39, 0.29) is 10.3 Å². The van der Waals surface area contributed by atoms with Gasteiger partial charge in [-0.15, -0.1) is 11.8 Å². The number of benzene rings is 1. The summed E-state index contributed by atoms with van der Waals surface area (Å²) in [7, 11) is -1.90. The second kappa shape index (κ2) is 7.89. The van der Waals surface area contributed by atoms with Gasteiger partial charge in [-0.2, -0.15) is 0 Å². The first-order chi connectivity index (χ1) is 11.1. The maximum absolute atomic E-state index is 10.5. The van der Waals surface area contributed by atoms with Gasteiger partial charge in [0.05, 0.1) is 24.6 Å². The molecule has 0 saturated carbocycles. The van der Waals surface area contributed by atoms with E-state index in [4.69, 9.17) is 9.16 Å². The van der Waals surface area contributed by atoms with Crippen molar-refractivity contribution in [3.63, 3.8) is 0 Å². The highest BCUT2D eigenvalue weighted by Crippen LogP contribution is 2.37. The molecule has 1 heterocycles. The van der Waals surface area contributed by atoms with Crippen LogP contribution in [0.2, 0.25) is 18.1 Å². The largest absolute Gasteiger partial charge is 0.414 e. The van der Waals surface area contributed by atoms with Crippen LogP contribution < -0.4 is 0 Å². The zero-order valence-corrected chi connectivity index (χ0v) is 17.0. The molecule has 0 aliphatic carbocycles. The lowest BCUT2D eigenvalue weighted by Gasteiger charge is -2.41. The molecule has 0 spiro atoms. The van der Waals surface area contributed by atoms with Gasteiger partial charge >= 0.3 is 0 Å². The van der Waals surface area contributed by atoms with Gasteiger partial charge in [-0.05, 0) is 30.3 Å². The minimum absolute atomic E-state index is 0.108. The Balaban J connectivity index is 1.91. The van der Waals surface area contributed by atoms with Gasteiger partial charge in [0.1, 0.15) is 12.2 Å². The molecule has 2 rings (SSSR count). The Morgan fingerprint density at radius 1 is 1.17 bits per heavy atom. The molecule has 24 heavy (non-hydrogen) atoms. The number of rotatable bonds is 5. The first-order valence-electron chi connectivity index (χ1n) is 8.45. The van der Waals surface area contributed by atoms with Gasteiger partial charge in [-0.3, -0.25) is 0 Å². The van der Waals surface area contributed by atoms with Crippen molar-refractivity contribution in [2.45, 2.75) is 67.4 Å². The molecular formula is C18H30O4SSi. The van der Waals surface area contributed by atoms with Gasteiger partial charge in [0.25, 0.3) is 0 Å². The average molecular weight is 371 g/mol. The average Bonchev–Trinajstić information content (AvgIpc) is 2.51. The van der Waals surface area contributed by atoms with Crippen LogP contribution in [0.3, 0.4) is 0 Å². The third-order valence-corrected chi connectivity index (χ3v) is 10.8. The number of aliphatic hydroxyl groups excluding tert-OH is 2. The van der Waals surface area contributed by atoms with Crippen molar-refractivity contribution in [2.24, 2.45) is 0 Å². The number of thioether (sulfide) groups is 1. The maximum atomic E-state index is 10.5. The Labute approximate surface area is 150 Å². The predicted octanol–water partition coefficient (Wildman–Crippen LogP) is 3.29. The first kappa shape index (κ1) is 19.9. The first-order valence-corrected chi connectivity index (χ1v) is 12.2. The van der Waals surface area contributed by atoms with Crippen molar-refractivity contribution in [2.75, 3.05) is 13.2 Å². The van der Waals surface area contributed by atoms with Crippen LogP contribution in [0.25, 0.3) is 0 Å². The highest BCUT2D eigenvalue weighted by molar-refractivity contribution is 8.00. The Morgan fingerprint density at radius 2 is 1.79 bits per heavy atom. The molecule has 1 aromatic rings. The lowest BCUT2D eigenvalue weighted by atomic mass is 10.0. The Hall–Kier alpha value is -0.373. The molecule has 6 heteroatoms. The van der Waals surface area contributed by atoms with E-state index in [0.29, 0.717) is 13.2 Å². The molecule has 2 N–H and O–H groups in total.